The quantitative estimate of drug-likeness (QED) is 0.835. The van der Waals surface area contributed by atoms with E-state index in [0.717, 1.165) is 44.8 Å². The zero-order valence-electron chi connectivity index (χ0n) is 11.3. The first-order valence-corrected chi connectivity index (χ1v) is 6.91. The fourth-order valence-electron chi connectivity index (χ4n) is 2.61. The molecular formula is C14H19N5. The summed E-state index contributed by atoms with van der Waals surface area (Å²) >= 11 is 0. The van der Waals surface area contributed by atoms with Crippen LogP contribution in [-0.4, -0.2) is 31.7 Å². The molecule has 5 nitrogen and oxygen atoms in total. The molecule has 5 heteroatoms. The molecule has 0 bridgehead atoms. The number of rotatable bonds is 4. The molecule has 100 valence electrons. The van der Waals surface area contributed by atoms with Gasteiger partial charge in [-0.25, -0.2) is 4.68 Å². The van der Waals surface area contributed by atoms with Gasteiger partial charge in [0.05, 0.1) is 6.54 Å². The number of aryl methyl sites for hydroxylation is 1. The highest BCUT2D eigenvalue weighted by Crippen LogP contribution is 2.19. The molecule has 2 heterocycles. The minimum Gasteiger partial charge on any atom is -0.291 e. The summed E-state index contributed by atoms with van der Waals surface area (Å²) in [5, 5.41) is 12.0. The molecule has 0 spiro atoms. The Labute approximate surface area is 113 Å². The molecular weight excluding hydrogens is 238 g/mol. The molecule has 19 heavy (non-hydrogen) atoms. The number of aromatic nitrogens is 4. The molecule has 1 aromatic heterocycles. The summed E-state index contributed by atoms with van der Waals surface area (Å²) < 4.78 is 1.92. The largest absolute Gasteiger partial charge is 0.291 e. The summed E-state index contributed by atoms with van der Waals surface area (Å²) in [6.07, 6.45) is 2.17. The summed E-state index contributed by atoms with van der Waals surface area (Å²) in [5.74, 6) is 0.973. The van der Waals surface area contributed by atoms with Gasteiger partial charge in [0.1, 0.15) is 0 Å². The first kappa shape index (κ1) is 12.3. The lowest BCUT2D eigenvalue weighted by molar-refractivity contribution is 0.234. The van der Waals surface area contributed by atoms with Crippen molar-refractivity contribution in [3.05, 3.63) is 41.2 Å². The van der Waals surface area contributed by atoms with Crippen LogP contribution < -0.4 is 0 Å². The highest BCUT2D eigenvalue weighted by Gasteiger charge is 2.18. The van der Waals surface area contributed by atoms with E-state index in [1.165, 1.54) is 11.1 Å². The maximum absolute atomic E-state index is 4.15. The maximum Gasteiger partial charge on any atom is 0.165 e. The molecule has 2 aromatic rings. The van der Waals surface area contributed by atoms with E-state index in [1.54, 1.807) is 0 Å². The Morgan fingerprint density at radius 2 is 2.05 bits per heavy atom. The van der Waals surface area contributed by atoms with Crippen molar-refractivity contribution in [2.45, 2.75) is 39.4 Å². The van der Waals surface area contributed by atoms with Gasteiger partial charge in [0.2, 0.25) is 0 Å². The van der Waals surface area contributed by atoms with Gasteiger partial charge >= 0.3 is 0 Å². The summed E-state index contributed by atoms with van der Waals surface area (Å²) in [6.45, 7) is 5.95. The van der Waals surface area contributed by atoms with Gasteiger partial charge in [0.25, 0.3) is 0 Å². The van der Waals surface area contributed by atoms with Crippen LogP contribution in [0.15, 0.2) is 24.3 Å². The molecule has 0 saturated carbocycles. The second kappa shape index (κ2) is 5.48. The molecule has 0 amide bonds. The summed E-state index contributed by atoms with van der Waals surface area (Å²) in [7, 11) is 0. The number of fused-ring (bicyclic) bond motifs is 1. The van der Waals surface area contributed by atoms with Crippen molar-refractivity contribution >= 4 is 0 Å². The molecule has 1 aliphatic heterocycles. The minimum absolute atomic E-state index is 0.835. The van der Waals surface area contributed by atoms with Crippen molar-refractivity contribution in [3.63, 3.8) is 0 Å². The second-order valence-electron chi connectivity index (χ2n) is 5.05. The number of nitrogens with zero attached hydrogens (tertiary/aromatic N) is 5. The van der Waals surface area contributed by atoms with Crippen LogP contribution in [0.1, 0.15) is 30.3 Å². The van der Waals surface area contributed by atoms with E-state index in [0.29, 0.717) is 0 Å². The van der Waals surface area contributed by atoms with E-state index in [9.17, 15) is 0 Å². The summed E-state index contributed by atoms with van der Waals surface area (Å²) in [5.41, 5.74) is 2.91. The van der Waals surface area contributed by atoms with Gasteiger partial charge in [0.15, 0.2) is 5.82 Å². The van der Waals surface area contributed by atoms with Crippen molar-refractivity contribution in [1.82, 2.24) is 25.1 Å². The molecule has 0 saturated heterocycles. The van der Waals surface area contributed by atoms with E-state index < -0.39 is 0 Å². The van der Waals surface area contributed by atoms with Crippen molar-refractivity contribution in [2.75, 3.05) is 6.54 Å². The van der Waals surface area contributed by atoms with Gasteiger partial charge in [-0.2, -0.15) is 0 Å². The highest BCUT2D eigenvalue weighted by molar-refractivity contribution is 5.29. The average Bonchev–Trinajstić information content (AvgIpc) is 2.86. The van der Waals surface area contributed by atoms with Gasteiger partial charge in [0, 0.05) is 19.6 Å². The van der Waals surface area contributed by atoms with Crippen LogP contribution >= 0.6 is 0 Å². The SMILES string of the molecule is CCCn1nnnc1CN1CCc2ccccc2C1. The van der Waals surface area contributed by atoms with E-state index >= 15 is 0 Å². The fraction of sp³-hybridized carbons (Fsp3) is 0.500. The van der Waals surface area contributed by atoms with E-state index in [2.05, 4.69) is 51.6 Å². The molecule has 0 atom stereocenters. The Hall–Kier alpha value is -1.75. The normalized spacial score (nSPS) is 15.4. The van der Waals surface area contributed by atoms with Gasteiger partial charge in [-0.05, 0) is 34.4 Å². The molecule has 0 radical (unpaired) electrons. The second-order valence-corrected chi connectivity index (χ2v) is 5.05. The topological polar surface area (TPSA) is 46.8 Å². The molecule has 0 unspecified atom stereocenters. The maximum atomic E-state index is 4.15. The third-order valence-corrected chi connectivity index (χ3v) is 3.62. The number of tetrazole rings is 1. The first-order valence-electron chi connectivity index (χ1n) is 6.91. The summed E-state index contributed by atoms with van der Waals surface area (Å²) in [6, 6.07) is 8.68. The average molecular weight is 257 g/mol. The van der Waals surface area contributed by atoms with Crippen LogP contribution in [0, 0.1) is 0 Å². The molecule has 0 aliphatic carbocycles. The highest BCUT2D eigenvalue weighted by atomic mass is 15.5. The van der Waals surface area contributed by atoms with E-state index in [1.807, 2.05) is 4.68 Å². The van der Waals surface area contributed by atoms with Crippen LogP contribution in [0.5, 0.6) is 0 Å². The number of hydrogen-bond donors (Lipinski definition) is 0. The van der Waals surface area contributed by atoms with Crippen LogP contribution in [-0.2, 0) is 26.1 Å². The third-order valence-electron chi connectivity index (χ3n) is 3.62. The lowest BCUT2D eigenvalue weighted by atomic mass is 10.00. The van der Waals surface area contributed by atoms with Crippen molar-refractivity contribution in [2.24, 2.45) is 0 Å². The summed E-state index contributed by atoms with van der Waals surface area (Å²) in [4.78, 5) is 2.42. The Bertz CT molecular complexity index is 548. The van der Waals surface area contributed by atoms with Gasteiger partial charge < -0.3 is 0 Å². The van der Waals surface area contributed by atoms with Gasteiger partial charge in [-0.1, -0.05) is 31.2 Å². The predicted molar refractivity (Wildman–Crippen MR) is 72.4 cm³/mol. The van der Waals surface area contributed by atoms with Gasteiger partial charge in [-0.15, -0.1) is 5.10 Å². The van der Waals surface area contributed by atoms with Crippen molar-refractivity contribution in [1.29, 1.82) is 0 Å². The number of benzene rings is 1. The third kappa shape index (κ3) is 2.66. The standard InChI is InChI=1S/C14H19N5/c1-2-8-19-14(15-16-17-19)11-18-9-7-12-5-3-4-6-13(12)10-18/h3-6H,2,7-11H2,1H3. The first-order chi connectivity index (χ1) is 9.36. The Morgan fingerprint density at radius 1 is 1.21 bits per heavy atom. The monoisotopic (exact) mass is 257 g/mol. The minimum atomic E-state index is 0.835. The van der Waals surface area contributed by atoms with Crippen molar-refractivity contribution < 1.29 is 0 Å². The zero-order valence-corrected chi connectivity index (χ0v) is 11.3. The molecule has 1 aromatic carbocycles. The van der Waals surface area contributed by atoms with Crippen LogP contribution in [0.25, 0.3) is 0 Å². The Balaban J connectivity index is 1.70. The molecule has 3 rings (SSSR count). The van der Waals surface area contributed by atoms with Crippen LogP contribution in [0.3, 0.4) is 0 Å². The van der Waals surface area contributed by atoms with Crippen LogP contribution in [0.2, 0.25) is 0 Å². The lowest BCUT2D eigenvalue weighted by Gasteiger charge is -2.28. The lowest BCUT2D eigenvalue weighted by Crippen LogP contribution is -2.31. The predicted octanol–water partition coefficient (Wildman–Crippen LogP) is 1.64. The van der Waals surface area contributed by atoms with Gasteiger partial charge in [-0.3, -0.25) is 4.90 Å². The molecule has 1 aliphatic rings. The van der Waals surface area contributed by atoms with Crippen LogP contribution in [0.4, 0.5) is 0 Å². The Morgan fingerprint density at radius 3 is 2.89 bits per heavy atom. The zero-order chi connectivity index (χ0) is 13.1. The van der Waals surface area contributed by atoms with E-state index in [-0.39, 0.29) is 0 Å². The van der Waals surface area contributed by atoms with Crippen molar-refractivity contribution in [3.8, 4) is 0 Å². The Kier molecular flexibility index (Phi) is 3.55. The molecule has 0 fully saturated rings. The number of hydrogen-bond acceptors (Lipinski definition) is 4. The molecule has 0 N–H and O–H groups in total. The van der Waals surface area contributed by atoms with E-state index in [4.69, 9.17) is 0 Å². The smallest absolute Gasteiger partial charge is 0.165 e. The fourth-order valence-corrected chi connectivity index (χ4v) is 2.61.